The topological polar surface area (TPSA) is 12.5 Å². The predicted molar refractivity (Wildman–Crippen MR) is 271 cm³/mol. The first-order chi connectivity index (χ1) is 32.5. The molecule has 18 unspecified atom stereocenters. The molecule has 66 heavy (non-hydrogen) atoms. The maximum absolute atomic E-state index is 7.34. The van der Waals surface area contributed by atoms with Gasteiger partial charge in [-0.3, -0.25) is 4.90 Å². The summed E-state index contributed by atoms with van der Waals surface area (Å²) in [6.45, 7) is 5.22. The number of hydrogen-bond donors (Lipinski definition) is 0. The highest BCUT2D eigenvalue weighted by Crippen LogP contribution is 2.73. The molecule has 14 rings (SSSR count). The number of hydrogen-bond acceptors (Lipinski definition) is 2. The van der Waals surface area contributed by atoms with Crippen LogP contribution in [-0.2, 0) is 4.74 Å². The summed E-state index contributed by atoms with van der Waals surface area (Å²) >= 11 is 0. The average molecular weight is 876 g/mol. The molecule has 1 aliphatic heterocycles. The molecule has 18 atom stereocenters. The zero-order chi connectivity index (χ0) is 43.7. The molecule has 0 aromatic carbocycles. The number of fused-ring (bicyclic) bond motifs is 15. The monoisotopic (exact) mass is 876 g/mol. The van der Waals surface area contributed by atoms with E-state index in [9.17, 15) is 0 Å². The van der Waals surface area contributed by atoms with Gasteiger partial charge in [0.15, 0.2) is 0 Å². The normalized spacial score (nSPS) is 47.3. The van der Waals surface area contributed by atoms with E-state index in [1.165, 1.54) is 109 Å². The largest absolute Gasteiger partial charge is 0.370 e. The van der Waals surface area contributed by atoms with E-state index < -0.39 is 0 Å². The molecule has 1 heterocycles. The van der Waals surface area contributed by atoms with Gasteiger partial charge in [-0.25, -0.2) is 0 Å². The van der Waals surface area contributed by atoms with Crippen molar-refractivity contribution in [2.75, 3.05) is 0 Å². The van der Waals surface area contributed by atoms with Gasteiger partial charge in [-0.1, -0.05) is 152 Å². The Bertz CT molecular complexity index is 2410. The minimum Gasteiger partial charge on any atom is -0.370 e. The molecule has 2 heteroatoms. The molecular weight excluding hydrogens is 799 g/mol. The summed E-state index contributed by atoms with van der Waals surface area (Å²) in [5.41, 5.74) is 10.8. The predicted octanol–water partition coefficient (Wildman–Crippen LogP) is 14.8. The minimum absolute atomic E-state index is 0.180. The lowest BCUT2D eigenvalue weighted by atomic mass is 9.46. The van der Waals surface area contributed by atoms with E-state index in [0.29, 0.717) is 95.2 Å². The van der Waals surface area contributed by atoms with Gasteiger partial charge in [0, 0.05) is 35.4 Å². The van der Waals surface area contributed by atoms with Crippen molar-refractivity contribution in [1.82, 2.24) is 4.90 Å². The Hall–Kier alpha value is -3.46. The molecule has 0 amide bonds. The quantitative estimate of drug-likeness (QED) is 0.261. The Balaban J connectivity index is 0.876. The van der Waals surface area contributed by atoms with Crippen molar-refractivity contribution < 1.29 is 4.74 Å². The molecule has 2 nitrogen and oxygen atoms in total. The third kappa shape index (κ3) is 6.10. The standard InChI is InChI=1S/C64H77NO/c1-63(2)55-23-11-10-22-49(55)50-34-30-44(38-58(50)63)65(43-29-33-48-53(40-16-4-3-5-17-40)36-42-19-7-8-20-46(42)54(48)37-43)45-31-35-51-52-32-28-41-18-6-9-21-47(41)62(52)64(59(51)39-45)56-24-12-14-26-60(56)66-61-27-15-13-25-57(61)64/h3-5,7-9,12,15-16,19,21,24,27-28,30-32,34-36,40-41,43-48,51-52,54,56-57,59-62H,6,10-11,13-14,17-18,20,22-23,25-26,29,33,37-39H2,1-2H3. The maximum Gasteiger partial charge on any atom is 0.0793 e. The highest BCUT2D eigenvalue weighted by Gasteiger charge is 2.71. The Kier molecular flexibility index (Phi) is 10.1. The van der Waals surface area contributed by atoms with Gasteiger partial charge < -0.3 is 4.74 Å². The van der Waals surface area contributed by atoms with Crippen LogP contribution in [0.1, 0.15) is 123 Å². The molecule has 1 spiro atoms. The Morgan fingerprint density at radius 1 is 0.652 bits per heavy atom. The maximum atomic E-state index is 7.34. The van der Waals surface area contributed by atoms with Crippen LogP contribution in [0.5, 0.6) is 0 Å². The van der Waals surface area contributed by atoms with Crippen LogP contribution in [0.4, 0.5) is 0 Å². The number of rotatable bonds is 4. The molecule has 0 aromatic heterocycles. The molecule has 3 fully saturated rings. The first-order valence-electron chi connectivity index (χ1n) is 27.8. The molecular formula is C64H77NO. The van der Waals surface area contributed by atoms with Crippen LogP contribution in [0, 0.1) is 81.8 Å². The second-order valence-electron chi connectivity index (χ2n) is 24.6. The second-order valence-corrected chi connectivity index (χ2v) is 24.6. The van der Waals surface area contributed by atoms with Crippen LogP contribution >= 0.6 is 0 Å². The van der Waals surface area contributed by atoms with Crippen molar-refractivity contribution in [3.63, 3.8) is 0 Å². The fraction of sp³-hybridized carbons (Fsp3) is 0.594. The Morgan fingerprint density at radius 2 is 1.52 bits per heavy atom. The third-order valence-electron chi connectivity index (χ3n) is 21.9. The zero-order valence-corrected chi connectivity index (χ0v) is 40.2. The average Bonchev–Trinajstić information content (AvgIpc) is 3.79. The highest BCUT2D eigenvalue weighted by atomic mass is 16.5. The lowest BCUT2D eigenvalue weighted by Crippen LogP contribution is -2.62. The van der Waals surface area contributed by atoms with Crippen molar-refractivity contribution in [3.05, 3.63) is 155 Å². The first-order valence-corrected chi connectivity index (χ1v) is 27.8. The lowest BCUT2D eigenvalue weighted by molar-refractivity contribution is -0.206. The number of ether oxygens (including phenoxy) is 1. The van der Waals surface area contributed by atoms with E-state index in [0.717, 1.165) is 0 Å². The molecule has 0 N–H and O–H groups in total. The summed E-state index contributed by atoms with van der Waals surface area (Å²) in [5, 5.41) is 0. The van der Waals surface area contributed by atoms with Gasteiger partial charge in [0.1, 0.15) is 0 Å². The van der Waals surface area contributed by atoms with Crippen molar-refractivity contribution in [1.29, 1.82) is 0 Å². The van der Waals surface area contributed by atoms with Crippen molar-refractivity contribution in [2.45, 2.75) is 153 Å². The third-order valence-corrected chi connectivity index (χ3v) is 21.9. The van der Waals surface area contributed by atoms with Crippen LogP contribution in [0.2, 0.25) is 0 Å². The van der Waals surface area contributed by atoms with Crippen LogP contribution in [0.15, 0.2) is 155 Å². The van der Waals surface area contributed by atoms with Crippen LogP contribution in [0.25, 0.3) is 0 Å². The number of allylic oxidation sites excluding steroid dienone is 21. The highest BCUT2D eigenvalue weighted by molar-refractivity contribution is 5.60. The summed E-state index contributed by atoms with van der Waals surface area (Å²) in [6, 6.07) is 1.48. The summed E-state index contributed by atoms with van der Waals surface area (Å²) in [4.78, 5) is 3.26. The molecule has 344 valence electrons. The van der Waals surface area contributed by atoms with E-state index >= 15 is 0 Å². The Labute approximate surface area is 398 Å². The van der Waals surface area contributed by atoms with Gasteiger partial charge in [-0.15, -0.1) is 0 Å². The van der Waals surface area contributed by atoms with Gasteiger partial charge >= 0.3 is 0 Å². The van der Waals surface area contributed by atoms with E-state index in [2.05, 4.69) is 140 Å². The molecule has 2 saturated carbocycles. The van der Waals surface area contributed by atoms with Crippen LogP contribution in [0.3, 0.4) is 0 Å². The first kappa shape index (κ1) is 41.5. The molecule has 0 radical (unpaired) electrons. The van der Waals surface area contributed by atoms with Crippen LogP contribution < -0.4 is 0 Å². The molecule has 0 aromatic rings. The molecule has 1 saturated heterocycles. The van der Waals surface area contributed by atoms with E-state index in [1.807, 2.05) is 0 Å². The summed E-state index contributed by atoms with van der Waals surface area (Å²) < 4.78 is 7.34. The van der Waals surface area contributed by atoms with Crippen molar-refractivity contribution in [2.24, 2.45) is 81.8 Å². The van der Waals surface area contributed by atoms with Gasteiger partial charge in [0.05, 0.1) is 12.2 Å². The van der Waals surface area contributed by atoms with E-state index in [1.54, 1.807) is 33.4 Å². The molecule has 0 bridgehead atoms. The van der Waals surface area contributed by atoms with Crippen molar-refractivity contribution in [3.8, 4) is 0 Å². The fourth-order valence-corrected chi connectivity index (χ4v) is 19.5. The smallest absolute Gasteiger partial charge is 0.0793 e. The Morgan fingerprint density at radius 3 is 2.45 bits per heavy atom. The van der Waals surface area contributed by atoms with Crippen LogP contribution in [-0.4, -0.2) is 35.2 Å². The second kappa shape index (κ2) is 16.1. The molecule has 14 aliphatic rings. The fourth-order valence-electron chi connectivity index (χ4n) is 19.5. The summed E-state index contributed by atoms with van der Waals surface area (Å²) in [7, 11) is 0. The molecule has 13 aliphatic carbocycles. The van der Waals surface area contributed by atoms with Gasteiger partial charge in [0.25, 0.3) is 0 Å². The minimum atomic E-state index is 0.180. The SMILES string of the molecule is CC1(C)C2=C(C=CC(N(C3C=CC4C5C=CC6CCC=CC6C5C5(C6C=CCCC6OC6C=CCCC65)C4C3)C3CCC4C(C5C=CC=CC5)=CC5=CC=CCC5C4C3)C2)C2=C1CCCC2. The van der Waals surface area contributed by atoms with Crippen molar-refractivity contribution >= 4 is 0 Å². The lowest BCUT2D eigenvalue weighted by Gasteiger charge is -2.63. The van der Waals surface area contributed by atoms with Gasteiger partial charge in [-0.05, 0) is 190 Å². The summed E-state index contributed by atoms with van der Waals surface area (Å²) in [5.74, 6) is 7.65. The van der Waals surface area contributed by atoms with Gasteiger partial charge in [0.2, 0.25) is 0 Å². The van der Waals surface area contributed by atoms with E-state index in [4.69, 9.17) is 4.74 Å². The number of nitrogens with zero attached hydrogens (tertiary/aromatic N) is 1. The summed E-state index contributed by atoms with van der Waals surface area (Å²) in [6.07, 6.45) is 74.4. The van der Waals surface area contributed by atoms with E-state index in [-0.39, 0.29) is 16.9 Å². The van der Waals surface area contributed by atoms with Gasteiger partial charge in [-0.2, -0.15) is 0 Å². The zero-order valence-electron chi connectivity index (χ0n) is 40.2.